The summed E-state index contributed by atoms with van der Waals surface area (Å²) in [4.78, 5) is 24.9. The van der Waals surface area contributed by atoms with E-state index in [1.807, 2.05) is 6.26 Å². The highest BCUT2D eigenvalue weighted by Crippen LogP contribution is 2.16. The Morgan fingerprint density at radius 3 is 2.64 bits per heavy atom. The molecule has 0 aromatic heterocycles. The van der Waals surface area contributed by atoms with Crippen LogP contribution < -0.4 is 10.6 Å². The Hall–Kier alpha value is -2.05. The Bertz CT molecular complexity index is 757. The number of hydrogen-bond acceptors (Lipinski definition) is 3. The van der Waals surface area contributed by atoms with Gasteiger partial charge in [-0.25, -0.2) is 4.39 Å². The molecular weight excluding hydrogens is 363 g/mol. The van der Waals surface area contributed by atoms with Crippen LogP contribution in [0, 0.1) is 5.82 Å². The smallest absolute Gasteiger partial charge is 0.253 e. The molecule has 0 aliphatic rings. The van der Waals surface area contributed by atoms with Crippen molar-refractivity contribution in [3.63, 3.8) is 0 Å². The summed E-state index contributed by atoms with van der Waals surface area (Å²) in [7, 11) is 0. The van der Waals surface area contributed by atoms with Crippen LogP contribution in [0.1, 0.15) is 16.8 Å². The number of rotatable bonds is 7. The van der Waals surface area contributed by atoms with Crippen molar-refractivity contribution in [3.8, 4) is 0 Å². The van der Waals surface area contributed by atoms with E-state index in [0.29, 0.717) is 28.4 Å². The number of amides is 2. The fourth-order valence-electron chi connectivity index (χ4n) is 2.18. The summed E-state index contributed by atoms with van der Waals surface area (Å²) in [5.74, 6) is -0.589. The van der Waals surface area contributed by atoms with Crippen molar-refractivity contribution < 1.29 is 14.0 Å². The summed E-state index contributed by atoms with van der Waals surface area (Å²) in [6.07, 6.45) is 2.36. The first kappa shape index (κ1) is 19.3. The van der Waals surface area contributed by atoms with Crippen molar-refractivity contribution in [1.82, 2.24) is 5.32 Å². The van der Waals surface area contributed by atoms with E-state index in [9.17, 15) is 14.0 Å². The second-order valence-electron chi connectivity index (χ2n) is 5.29. The Kier molecular flexibility index (Phi) is 7.28. The maximum Gasteiger partial charge on any atom is 0.253 e. The third-order valence-electron chi connectivity index (χ3n) is 3.44. The largest absolute Gasteiger partial charge is 0.340 e. The minimum Gasteiger partial charge on any atom is -0.340 e. The molecule has 2 aromatic carbocycles. The Labute approximate surface area is 155 Å². The topological polar surface area (TPSA) is 58.2 Å². The Balaban J connectivity index is 2.10. The molecule has 0 spiro atoms. The first-order chi connectivity index (χ1) is 12.0. The van der Waals surface area contributed by atoms with E-state index in [2.05, 4.69) is 10.6 Å². The molecule has 2 amide bonds. The number of benzene rings is 2. The lowest BCUT2D eigenvalue weighted by atomic mass is 10.1. The first-order valence-electron chi connectivity index (χ1n) is 7.62. The zero-order valence-corrected chi connectivity index (χ0v) is 15.2. The molecule has 2 aromatic rings. The molecule has 1 unspecified atom stereocenters. The van der Waals surface area contributed by atoms with Gasteiger partial charge in [0.25, 0.3) is 5.91 Å². The lowest BCUT2D eigenvalue weighted by Crippen LogP contribution is -2.44. The van der Waals surface area contributed by atoms with E-state index >= 15 is 0 Å². The van der Waals surface area contributed by atoms with Crippen LogP contribution in [0.5, 0.6) is 0 Å². The molecule has 0 saturated carbocycles. The van der Waals surface area contributed by atoms with Crippen LogP contribution in [0.4, 0.5) is 10.1 Å². The number of carbonyl (C=O) groups excluding carboxylic acids is 2. The minimum absolute atomic E-state index is 0.303. The normalized spacial score (nSPS) is 11.6. The predicted molar refractivity (Wildman–Crippen MR) is 101 cm³/mol. The van der Waals surface area contributed by atoms with Crippen LogP contribution in [0.3, 0.4) is 0 Å². The van der Waals surface area contributed by atoms with Gasteiger partial charge in [0.05, 0.1) is 10.6 Å². The molecule has 0 heterocycles. The van der Waals surface area contributed by atoms with Gasteiger partial charge in [-0.05, 0) is 48.8 Å². The molecule has 0 aliphatic heterocycles. The zero-order valence-electron chi connectivity index (χ0n) is 13.6. The number of anilines is 1. The van der Waals surface area contributed by atoms with E-state index in [1.165, 1.54) is 18.2 Å². The van der Waals surface area contributed by atoms with E-state index in [0.717, 1.165) is 0 Å². The fraction of sp³-hybridized carbons (Fsp3) is 0.222. The van der Waals surface area contributed by atoms with Crippen LogP contribution in [0.25, 0.3) is 0 Å². The summed E-state index contributed by atoms with van der Waals surface area (Å²) in [5, 5.41) is 5.64. The third-order valence-corrected chi connectivity index (χ3v) is 4.42. The summed E-state index contributed by atoms with van der Waals surface area (Å²) < 4.78 is 13.3. The lowest BCUT2D eigenvalue weighted by Gasteiger charge is -2.18. The van der Waals surface area contributed by atoms with Crippen molar-refractivity contribution >= 4 is 40.9 Å². The number of nitrogens with one attached hydrogen (secondary N) is 2. The van der Waals surface area contributed by atoms with E-state index in [4.69, 9.17) is 11.6 Å². The van der Waals surface area contributed by atoms with E-state index in [1.54, 1.807) is 42.1 Å². The summed E-state index contributed by atoms with van der Waals surface area (Å²) >= 11 is 7.59. The maximum atomic E-state index is 13.3. The molecule has 0 fully saturated rings. The molecule has 25 heavy (non-hydrogen) atoms. The van der Waals surface area contributed by atoms with Crippen molar-refractivity contribution in [3.05, 3.63) is 64.9 Å². The predicted octanol–water partition coefficient (Wildman–Crippen LogP) is 3.97. The molecule has 1 atom stereocenters. The first-order valence-corrected chi connectivity index (χ1v) is 9.39. The zero-order chi connectivity index (χ0) is 18.2. The molecule has 0 saturated heterocycles. The quantitative estimate of drug-likeness (QED) is 0.764. The van der Waals surface area contributed by atoms with E-state index < -0.39 is 23.7 Å². The van der Waals surface area contributed by atoms with Crippen LogP contribution in [0.2, 0.25) is 5.02 Å². The second kappa shape index (κ2) is 9.44. The SMILES string of the molecule is CSCCC(NC(=O)c1ccccc1Cl)C(=O)Nc1cccc(F)c1. The Morgan fingerprint density at radius 2 is 1.96 bits per heavy atom. The van der Waals surface area contributed by atoms with Gasteiger partial charge in [0, 0.05) is 5.69 Å². The minimum atomic E-state index is -0.750. The second-order valence-corrected chi connectivity index (χ2v) is 6.68. The average Bonchev–Trinajstić information content (AvgIpc) is 2.58. The molecule has 0 bridgehead atoms. The number of thioether (sulfide) groups is 1. The highest BCUT2D eigenvalue weighted by atomic mass is 35.5. The molecule has 0 radical (unpaired) electrons. The van der Waals surface area contributed by atoms with Gasteiger partial charge >= 0.3 is 0 Å². The molecule has 132 valence electrons. The van der Waals surface area contributed by atoms with Crippen molar-refractivity contribution in [2.24, 2.45) is 0 Å². The lowest BCUT2D eigenvalue weighted by molar-refractivity contribution is -0.118. The van der Waals surface area contributed by atoms with Gasteiger partial charge in [-0.1, -0.05) is 29.8 Å². The van der Waals surface area contributed by atoms with Gasteiger partial charge < -0.3 is 10.6 Å². The monoisotopic (exact) mass is 380 g/mol. The van der Waals surface area contributed by atoms with Gasteiger partial charge in [0.15, 0.2) is 0 Å². The van der Waals surface area contributed by atoms with Crippen molar-refractivity contribution in [2.75, 3.05) is 17.3 Å². The van der Waals surface area contributed by atoms with Crippen molar-refractivity contribution in [1.29, 1.82) is 0 Å². The van der Waals surface area contributed by atoms with Gasteiger partial charge in [0.1, 0.15) is 11.9 Å². The molecule has 7 heteroatoms. The standard InChI is InChI=1S/C18H18ClFN2O2S/c1-25-10-9-16(18(24)21-13-6-4-5-12(20)11-13)22-17(23)14-7-2-3-8-15(14)19/h2-8,11,16H,9-10H2,1H3,(H,21,24)(H,22,23). The summed E-state index contributed by atoms with van der Waals surface area (Å²) in [5.41, 5.74) is 0.642. The van der Waals surface area contributed by atoms with Gasteiger partial charge in [-0.2, -0.15) is 11.8 Å². The van der Waals surface area contributed by atoms with Crippen molar-refractivity contribution in [2.45, 2.75) is 12.5 Å². The molecule has 4 nitrogen and oxygen atoms in total. The van der Waals surface area contributed by atoms with Crippen LogP contribution >= 0.6 is 23.4 Å². The van der Waals surface area contributed by atoms with E-state index in [-0.39, 0.29) is 0 Å². The van der Waals surface area contributed by atoms with Gasteiger partial charge in [0.2, 0.25) is 5.91 Å². The Morgan fingerprint density at radius 1 is 1.20 bits per heavy atom. The number of hydrogen-bond donors (Lipinski definition) is 2. The molecule has 0 aliphatic carbocycles. The highest BCUT2D eigenvalue weighted by Gasteiger charge is 2.22. The molecule has 2 rings (SSSR count). The number of halogens is 2. The fourth-order valence-corrected chi connectivity index (χ4v) is 2.87. The van der Waals surface area contributed by atoms with Gasteiger partial charge in [-0.3, -0.25) is 9.59 Å². The summed E-state index contributed by atoms with van der Waals surface area (Å²) in [6.45, 7) is 0. The van der Waals surface area contributed by atoms with Gasteiger partial charge in [-0.15, -0.1) is 0 Å². The summed E-state index contributed by atoms with van der Waals surface area (Å²) in [6, 6.07) is 11.5. The maximum absolute atomic E-state index is 13.3. The van der Waals surface area contributed by atoms with Crippen LogP contribution in [-0.2, 0) is 4.79 Å². The molecular formula is C18H18ClFN2O2S. The van der Waals surface area contributed by atoms with Crippen LogP contribution in [0.15, 0.2) is 48.5 Å². The highest BCUT2D eigenvalue weighted by molar-refractivity contribution is 7.98. The third kappa shape index (κ3) is 5.76. The van der Waals surface area contributed by atoms with Crippen LogP contribution in [-0.4, -0.2) is 29.9 Å². The average molecular weight is 381 g/mol. The molecule has 2 N–H and O–H groups in total. The number of carbonyl (C=O) groups is 2.